The Labute approximate surface area is 178 Å². The second kappa shape index (κ2) is 7.85. The number of halogens is 1. The molecule has 0 spiro atoms. The van der Waals surface area contributed by atoms with Crippen molar-refractivity contribution in [3.8, 4) is 16.3 Å². The van der Waals surface area contributed by atoms with E-state index in [1.807, 2.05) is 48.5 Å². The number of hydrogen-bond donors (Lipinski definition) is 1. The van der Waals surface area contributed by atoms with Gasteiger partial charge in [0.25, 0.3) is 5.91 Å². The van der Waals surface area contributed by atoms with Crippen molar-refractivity contribution >= 4 is 44.7 Å². The molecule has 0 bridgehead atoms. The number of benzene rings is 3. The smallest absolute Gasteiger partial charge is 0.267 e. The van der Waals surface area contributed by atoms with Crippen molar-refractivity contribution < 1.29 is 9.53 Å². The second-order valence-electron chi connectivity index (χ2n) is 7.05. The first-order valence-electron chi connectivity index (χ1n) is 9.13. The molecule has 0 aliphatic heterocycles. The van der Waals surface area contributed by atoms with Gasteiger partial charge in [0.05, 0.1) is 15.9 Å². The Hall–Kier alpha value is -2.89. The number of thiazole rings is 1. The van der Waals surface area contributed by atoms with Crippen molar-refractivity contribution in [2.75, 3.05) is 5.32 Å². The van der Waals surface area contributed by atoms with Crippen LogP contribution in [-0.2, 0) is 4.79 Å². The third-order valence-corrected chi connectivity index (χ3v) is 5.75. The molecule has 1 heterocycles. The van der Waals surface area contributed by atoms with E-state index in [2.05, 4.69) is 5.32 Å². The summed E-state index contributed by atoms with van der Waals surface area (Å²) in [6.07, 6.45) is 0. The molecule has 1 amide bonds. The summed E-state index contributed by atoms with van der Waals surface area (Å²) in [6.45, 7) is 3.47. The number of hydrogen-bond acceptors (Lipinski definition) is 4. The number of carbonyl (C=O) groups is 1. The Morgan fingerprint density at radius 2 is 1.69 bits per heavy atom. The number of ether oxygens (including phenoxy) is 1. The summed E-state index contributed by atoms with van der Waals surface area (Å²) in [4.78, 5) is 17.7. The van der Waals surface area contributed by atoms with Gasteiger partial charge < -0.3 is 10.1 Å². The van der Waals surface area contributed by atoms with Crippen molar-refractivity contribution in [1.29, 1.82) is 0 Å². The molecule has 146 valence electrons. The molecule has 4 rings (SSSR count). The summed E-state index contributed by atoms with van der Waals surface area (Å²) in [5.74, 6) is 0.329. The van der Waals surface area contributed by atoms with Crippen LogP contribution in [0.1, 0.15) is 13.8 Å². The molecule has 1 N–H and O–H groups in total. The minimum Gasteiger partial charge on any atom is -0.478 e. The van der Waals surface area contributed by atoms with Crippen LogP contribution in [0.4, 0.5) is 5.69 Å². The summed E-state index contributed by atoms with van der Waals surface area (Å²) in [6, 6.07) is 22.6. The zero-order valence-electron chi connectivity index (χ0n) is 16.0. The first-order valence-corrected chi connectivity index (χ1v) is 10.3. The highest BCUT2D eigenvalue weighted by molar-refractivity contribution is 7.21. The van der Waals surface area contributed by atoms with Gasteiger partial charge in [0.1, 0.15) is 10.8 Å². The molecule has 0 fully saturated rings. The van der Waals surface area contributed by atoms with E-state index in [1.54, 1.807) is 49.4 Å². The van der Waals surface area contributed by atoms with Gasteiger partial charge in [-0.1, -0.05) is 35.9 Å². The van der Waals surface area contributed by atoms with E-state index >= 15 is 0 Å². The van der Waals surface area contributed by atoms with Crippen molar-refractivity contribution in [2.45, 2.75) is 19.4 Å². The van der Waals surface area contributed by atoms with Gasteiger partial charge in [-0.05, 0) is 62.4 Å². The Kier molecular flexibility index (Phi) is 5.26. The van der Waals surface area contributed by atoms with E-state index in [-0.39, 0.29) is 5.91 Å². The van der Waals surface area contributed by atoms with Gasteiger partial charge in [0.15, 0.2) is 5.60 Å². The van der Waals surface area contributed by atoms with Gasteiger partial charge in [0, 0.05) is 10.6 Å². The van der Waals surface area contributed by atoms with Gasteiger partial charge in [-0.15, -0.1) is 11.3 Å². The number of fused-ring (bicyclic) bond motifs is 1. The fourth-order valence-corrected chi connectivity index (χ4v) is 4.01. The molecule has 29 heavy (non-hydrogen) atoms. The summed E-state index contributed by atoms with van der Waals surface area (Å²) in [5.41, 5.74) is 1.45. The molecule has 0 atom stereocenters. The lowest BCUT2D eigenvalue weighted by atomic mass is 10.1. The molecule has 6 heteroatoms. The maximum Gasteiger partial charge on any atom is 0.267 e. The largest absolute Gasteiger partial charge is 0.478 e. The van der Waals surface area contributed by atoms with Crippen LogP contribution in [0.5, 0.6) is 5.75 Å². The molecule has 4 aromatic rings. The Bertz CT molecular complexity index is 1140. The van der Waals surface area contributed by atoms with Crippen molar-refractivity contribution in [1.82, 2.24) is 4.98 Å². The number of para-hydroxylation sites is 2. The molecule has 1 aromatic heterocycles. The zero-order valence-corrected chi connectivity index (χ0v) is 17.6. The molecule has 0 saturated carbocycles. The molecule has 0 radical (unpaired) electrons. The van der Waals surface area contributed by atoms with E-state index in [4.69, 9.17) is 21.3 Å². The summed E-state index contributed by atoms with van der Waals surface area (Å²) in [5, 5.41) is 4.48. The van der Waals surface area contributed by atoms with E-state index in [9.17, 15) is 4.79 Å². The first-order chi connectivity index (χ1) is 13.9. The lowest BCUT2D eigenvalue weighted by Crippen LogP contribution is -2.42. The second-order valence-corrected chi connectivity index (χ2v) is 8.52. The van der Waals surface area contributed by atoms with E-state index in [1.165, 1.54) is 0 Å². The van der Waals surface area contributed by atoms with Crippen LogP contribution in [0.2, 0.25) is 5.02 Å². The summed E-state index contributed by atoms with van der Waals surface area (Å²) in [7, 11) is 0. The highest BCUT2D eigenvalue weighted by atomic mass is 35.5. The molecule has 3 aromatic carbocycles. The average molecular weight is 423 g/mol. The number of aromatic nitrogens is 1. The van der Waals surface area contributed by atoms with Gasteiger partial charge in [-0.25, -0.2) is 4.98 Å². The number of anilines is 1. The van der Waals surface area contributed by atoms with Crippen LogP contribution in [-0.4, -0.2) is 16.5 Å². The monoisotopic (exact) mass is 422 g/mol. The summed E-state index contributed by atoms with van der Waals surface area (Å²) < 4.78 is 7.01. The van der Waals surface area contributed by atoms with Crippen molar-refractivity contribution in [2.24, 2.45) is 0 Å². The van der Waals surface area contributed by atoms with Gasteiger partial charge in [0.2, 0.25) is 0 Å². The van der Waals surface area contributed by atoms with Crippen LogP contribution in [0.3, 0.4) is 0 Å². The van der Waals surface area contributed by atoms with Crippen LogP contribution in [0, 0.1) is 0 Å². The highest BCUT2D eigenvalue weighted by Crippen LogP contribution is 2.35. The van der Waals surface area contributed by atoms with Crippen LogP contribution < -0.4 is 10.1 Å². The maximum atomic E-state index is 13.0. The standard InChI is InChI=1S/C23H19ClN2O2S/c1-23(2,28-16-13-11-15(24)12-14-16)22(27)26-18-8-4-3-7-17(18)21-25-19-9-5-6-10-20(19)29-21/h3-14H,1-2H3,(H,26,27). The molecule has 0 saturated heterocycles. The third kappa shape index (κ3) is 4.26. The quantitative estimate of drug-likeness (QED) is 0.404. The Balaban J connectivity index is 1.59. The van der Waals surface area contributed by atoms with Gasteiger partial charge in [-0.3, -0.25) is 4.79 Å². The molecule has 0 aliphatic rings. The molecular formula is C23H19ClN2O2S. The fourth-order valence-electron chi connectivity index (χ4n) is 2.88. The number of nitrogens with zero attached hydrogens (tertiary/aromatic N) is 1. The van der Waals surface area contributed by atoms with Gasteiger partial charge in [-0.2, -0.15) is 0 Å². The van der Waals surface area contributed by atoms with E-state index in [0.29, 0.717) is 16.5 Å². The maximum absolute atomic E-state index is 13.0. The third-order valence-electron chi connectivity index (χ3n) is 4.43. The minimum atomic E-state index is -1.07. The normalized spacial score (nSPS) is 11.4. The number of amides is 1. The number of nitrogens with one attached hydrogen (secondary N) is 1. The highest BCUT2D eigenvalue weighted by Gasteiger charge is 2.30. The van der Waals surface area contributed by atoms with Crippen molar-refractivity contribution in [3.63, 3.8) is 0 Å². The van der Waals surface area contributed by atoms with Crippen LogP contribution >= 0.6 is 22.9 Å². The Morgan fingerprint density at radius 1 is 1.00 bits per heavy atom. The molecular weight excluding hydrogens is 404 g/mol. The minimum absolute atomic E-state index is 0.249. The molecule has 4 nitrogen and oxygen atoms in total. The molecule has 0 unspecified atom stereocenters. The zero-order chi connectivity index (χ0) is 20.4. The lowest BCUT2D eigenvalue weighted by molar-refractivity contribution is -0.128. The van der Waals surface area contributed by atoms with Gasteiger partial charge >= 0.3 is 0 Å². The van der Waals surface area contributed by atoms with Crippen LogP contribution in [0.15, 0.2) is 72.8 Å². The average Bonchev–Trinajstić information content (AvgIpc) is 3.14. The van der Waals surface area contributed by atoms with Crippen LogP contribution in [0.25, 0.3) is 20.8 Å². The molecule has 0 aliphatic carbocycles. The fraction of sp³-hybridized carbons (Fsp3) is 0.130. The first kappa shape index (κ1) is 19.4. The summed E-state index contributed by atoms with van der Waals surface area (Å²) >= 11 is 7.51. The predicted octanol–water partition coefficient (Wildman–Crippen LogP) is 6.41. The topological polar surface area (TPSA) is 51.2 Å². The predicted molar refractivity (Wildman–Crippen MR) is 120 cm³/mol. The van der Waals surface area contributed by atoms with E-state index < -0.39 is 5.60 Å². The van der Waals surface area contributed by atoms with Crippen molar-refractivity contribution in [3.05, 3.63) is 77.8 Å². The Morgan fingerprint density at radius 3 is 2.45 bits per heavy atom. The number of rotatable bonds is 5. The lowest BCUT2D eigenvalue weighted by Gasteiger charge is -2.25. The SMILES string of the molecule is CC(C)(Oc1ccc(Cl)cc1)C(=O)Nc1ccccc1-c1nc2ccccc2s1. The van der Waals surface area contributed by atoms with E-state index in [0.717, 1.165) is 20.8 Å². The number of carbonyl (C=O) groups excluding carboxylic acids is 1.